The predicted octanol–water partition coefficient (Wildman–Crippen LogP) is 4.80. The van der Waals surface area contributed by atoms with Crippen LogP contribution in [-0.4, -0.2) is 12.3 Å². The first-order chi connectivity index (χ1) is 11.5. The lowest BCUT2D eigenvalue weighted by atomic mass is 10.0. The number of ether oxygens (including phenoxy) is 1. The monoisotopic (exact) mass is 390 g/mol. The van der Waals surface area contributed by atoms with E-state index in [4.69, 9.17) is 4.74 Å². The minimum atomic E-state index is -0.427. The van der Waals surface area contributed by atoms with Crippen molar-refractivity contribution < 1.29 is 9.53 Å². The van der Waals surface area contributed by atoms with Crippen molar-refractivity contribution in [2.75, 3.05) is 0 Å². The van der Waals surface area contributed by atoms with Gasteiger partial charge in [0.1, 0.15) is 5.75 Å². The molecule has 2 rings (SSSR count). The third-order valence-corrected chi connectivity index (χ3v) is 4.35. The fourth-order valence-corrected chi connectivity index (χ4v) is 2.76. The molecule has 24 heavy (non-hydrogen) atoms. The van der Waals surface area contributed by atoms with Gasteiger partial charge in [-0.05, 0) is 36.1 Å². The summed E-state index contributed by atoms with van der Waals surface area (Å²) in [6, 6.07) is 15.4. The maximum absolute atomic E-state index is 12.0. The highest BCUT2D eigenvalue weighted by molar-refractivity contribution is 9.10. The number of rotatable bonds is 6. The number of carbonyl (C=O) groups excluding carboxylic acids is 1. The van der Waals surface area contributed by atoms with Crippen molar-refractivity contribution >= 4 is 22.0 Å². The van der Waals surface area contributed by atoms with Crippen molar-refractivity contribution in [3.8, 4) is 5.75 Å². The predicted molar refractivity (Wildman–Crippen MR) is 100 cm³/mol. The third kappa shape index (κ3) is 5.27. The lowest BCUT2D eigenvalue weighted by molar-refractivity contribution is 0.175. The van der Waals surface area contributed by atoms with E-state index < -0.39 is 6.23 Å². The summed E-state index contributed by atoms with van der Waals surface area (Å²) >= 11 is 3.47. The summed E-state index contributed by atoms with van der Waals surface area (Å²) in [4.78, 5) is 12.0. The fourth-order valence-electron chi connectivity index (χ4n) is 2.34. The van der Waals surface area contributed by atoms with Crippen molar-refractivity contribution in [1.82, 2.24) is 10.6 Å². The Bertz CT molecular complexity index is 689. The molecule has 0 aromatic heterocycles. The van der Waals surface area contributed by atoms with Crippen molar-refractivity contribution in [2.24, 2.45) is 0 Å². The number of nitrogens with one attached hydrogen (secondary N) is 2. The molecule has 0 aliphatic rings. The number of amides is 2. The summed E-state index contributed by atoms with van der Waals surface area (Å²) < 4.78 is 6.84. The van der Waals surface area contributed by atoms with E-state index >= 15 is 0 Å². The first kappa shape index (κ1) is 18.3. The maximum atomic E-state index is 12.0. The molecule has 0 radical (unpaired) electrons. The summed E-state index contributed by atoms with van der Waals surface area (Å²) in [5, 5.41) is 5.63. The van der Waals surface area contributed by atoms with Gasteiger partial charge in [-0.1, -0.05) is 66.2 Å². The normalized spacial score (nSPS) is 11.9. The van der Waals surface area contributed by atoms with Gasteiger partial charge >= 0.3 is 6.03 Å². The summed E-state index contributed by atoms with van der Waals surface area (Å²) in [7, 11) is 0. The van der Waals surface area contributed by atoms with Gasteiger partial charge in [-0.25, -0.2) is 4.79 Å². The minimum absolute atomic E-state index is 0.264. The average Bonchev–Trinajstić information content (AvgIpc) is 2.54. The van der Waals surface area contributed by atoms with Crippen LogP contribution in [0.5, 0.6) is 5.75 Å². The summed E-state index contributed by atoms with van der Waals surface area (Å²) in [5.41, 5.74) is 2.14. The molecule has 2 aromatic rings. The summed E-state index contributed by atoms with van der Waals surface area (Å²) in [6.45, 7) is 6.49. The Balaban J connectivity index is 1.87. The Labute approximate surface area is 151 Å². The molecule has 0 heterocycles. The third-order valence-electron chi connectivity index (χ3n) is 3.58. The van der Waals surface area contributed by atoms with E-state index in [0.29, 0.717) is 12.5 Å². The average molecular weight is 391 g/mol. The number of hydrogen-bond acceptors (Lipinski definition) is 2. The highest BCUT2D eigenvalue weighted by Crippen LogP contribution is 2.26. The van der Waals surface area contributed by atoms with Crippen molar-refractivity contribution in [3.63, 3.8) is 0 Å². The van der Waals surface area contributed by atoms with E-state index in [0.717, 1.165) is 21.3 Å². The van der Waals surface area contributed by atoms with Crippen molar-refractivity contribution in [3.05, 3.63) is 64.1 Å². The van der Waals surface area contributed by atoms with Gasteiger partial charge in [0.2, 0.25) is 0 Å². The van der Waals surface area contributed by atoms with Gasteiger partial charge in [0.15, 0.2) is 6.23 Å². The highest BCUT2D eigenvalue weighted by atomic mass is 79.9. The van der Waals surface area contributed by atoms with Crippen molar-refractivity contribution in [2.45, 2.75) is 39.5 Å². The van der Waals surface area contributed by atoms with Gasteiger partial charge in [0.25, 0.3) is 0 Å². The Kier molecular flexibility index (Phi) is 6.67. The number of para-hydroxylation sites is 1. The molecule has 4 nitrogen and oxygen atoms in total. The number of urea groups is 1. The van der Waals surface area contributed by atoms with Gasteiger partial charge in [0, 0.05) is 11.0 Å². The van der Waals surface area contributed by atoms with E-state index in [1.165, 1.54) is 0 Å². The van der Waals surface area contributed by atoms with Crippen LogP contribution in [0.4, 0.5) is 4.79 Å². The smallest absolute Gasteiger partial charge is 0.317 e. The lowest BCUT2D eigenvalue weighted by Gasteiger charge is -2.20. The Morgan fingerprint density at radius 2 is 1.75 bits per heavy atom. The van der Waals surface area contributed by atoms with Crippen LogP contribution in [0.2, 0.25) is 0 Å². The van der Waals surface area contributed by atoms with E-state index in [-0.39, 0.29) is 6.03 Å². The molecule has 1 unspecified atom stereocenters. The molecule has 0 bridgehead atoms. The zero-order valence-corrected chi connectivity index (χ0v) is 15.8. The number of hydrogen-bond donors (Lipinski definition) is 2. The molecule has 0 aliphatic carbocycles. The van der Waals surface area contributed by atoms with Crippen molar-refractivity contribution in [1.29, 1.82) is 0 Å². The molecule has 2 amide bonds. The molecule has 0 saturated carbocycles. The van der Waals surface area contributed by atoms with Gasteiger partial charge in [-0.3, -0.25) is 0 Å². The first-order valence-corrected chi connectivity index (χ1v) is 8.80. The molecular formula is C19H23BrN2O2. The first-order valence-electron chi connectivity index (χ1n) is 8.00. The SMILES string of the molecule is CC(NC(=O)NCc1ccccc1Br)Oc1ccccc1C(C)C. The van der Waals surface area contributed by atoms with Crippen LogP contribution in [0.25, 0.3) is 0 Å². The molecule has 1 atom stereocenters. The maximum Gasteiger partial charge on any atom is 0.317 e. The largest absolute Gasteiger partial charge is 0.471 e. The Morgan fingerprint density at radius 3 is 2.46 bits per heavy atom. The second-order valence-corrected chi connectivity index (χ2v) is 6.73. The zero-order chi connectivity index (χ0) is 17.5. The quantitative estimate of drug-likeness (QED) is 0.696. The van der Waals surface area contributed by atoms with Crippen LogP contribution in [-0.2, 0) is 6.54 Å². The zero-order valence-electron chi connectivity index (χ0n) is 14.2. The molecule has 128 valence electrons. The number of halogens is 1. The molecular weight excluding hydrogens is 368 g/mol. The van der Waals surface area contributed by atoms with E-state index in [1.807, 2.05) is 55.5 Å². The van der Waals surface area contributed by atoms with Crippen LogP contribution < -0.4 is 15.4 Å². The standard InChI is InChI=1S/C19H23BrN2O2/c1-13(2)16-9-5-7-11-18(16)24-14(3)22-19(23)21-12-15-8-4-6-10-17(15)20/h4-11,13-14H,12H2,1-3H3,(H2,21,22,23). The van der Waals surface area contributed by atoms with Gasteiger partial charge < -0.3 is 15.4 Å². The summed E-state index contributed by atoms with van der Waals surface area (Å²) in [5.74, 6) is 1.16. The van der Waals surface area contributed by atoms with Crippen LogP contribution in [0.3, 0.4) is 0 Å². The lowest BCUT2D eigenvalue weighted by Crippen LogP contribution is -2.43. The Morgan fingerprint density at radius 1 is 1.08 bits per heavy atom. The molecule has 0 saturated heterocycles. The van der Waals surface area contributed by atoms with E-state index in [9.17, 15) is 4.79 Å². The Hall–Kier alpha value is -2.01. The van der Waals surface area contributed by atoms with Crippen LogP contribution in [0, 0.1) is 0 Å². The van der Waals surface area contributed by atoms with Gasteiger partial charge in [0.05, 0.1) is 0 Å². The van der Waals surface area contributed by atoms with E-state index in [2.05, 4.69) is 40.4 Å². The topological polar surface area (TPSA) is 50.4 Å². The number of benzene rings is 2. The molecule has 0 fully saturated rings. The molecule has 0 spiro atoms. The van der Waals surface area contributed by atoms with Crippen LogP contribution >= 0.6 is 15.9 Å². The molecule has 2 aromatic carbocycles. The van der Waals surface area contributed by atoms with Gasteiger partial charge in [-0.2, -0.15) is 0 Å². The van der Waals surface area contributed by atoms with E-state index in [1.54, 1.807) is 0 Å². The molecule has 5 heteroatoms. The second-order valence-electron chi connectivity index (χ2n) is 5.87. The summed E-state index contributed by atoms with van der Waals surface area (Å²) in [6.07, 6.45) is -0.427. The second kappa shape index (κ2) is 8.73. The minimum Gasteiger partial charge on any atom is -0.471 e. The van der Waals surface area contributed by atoms with Crippen LogP contribution in [0.1, 0.15) is 37.8 Å². The van der Waals surface area contributed by atoms with Crippen LogP contribution in [0.15, 0.2) is 53.0 Å². The van der Waals surface area contributed by atoms with Gasteiger partial charge in [-0.15, -0.1) is 0 Å². The molecule has 2 N–H and O–H groups in total. The number of carbonyl (C=O) groups is 1. The fraction of sp³-hybridized carbons (Fsp3) is 0.316. The highest BCUT2D eigenvalue weighted by Gasteiger charge is 2.12. The molecule has 0 aliphatic heterocycles.